The largest absolute Gasteiger partial charge is 0.480 e. The van der Waals surface area contributed by atoms with E-state index in [-0.39, 0.29) is 6.54 Å². The van der Waals surface area contributed by atoms with Crippen molar-refractivity contribution in [2.24, 2.45) is 0 Å². The summed E-state index contributed by atoms with van der Waals surface area (Å²) < 4.78 is 0. The van der Waals surface area contributed by atoms with Gasteiger partial charge in [-0.25, -0.2) is 4.79 Å². The lowest BCUT2D eigenvalue weighted by molar-refractivity contribution is -0.149. The molecule has 0 saturated carbocycles. The van der Waals surface area contributed by atoms with Crippen LogP contribution in [0.5, 0.6) is 0 Å². The smallest absolute Gasteiger partial charge is 0.331 e. The average Bonchev–Trinajstić information content (AvgIpc) is 2.32. The van der Waals surface area contributed by atoms with Crippen LogP contribution in [0.15, 0.2) is 12.7 Å². The number of carboxylic acids is 2. The first-order valence-corrected chi connectivity index (χ1v) is 5.72. The van der Waals surface area contributed by atoms with Crippen LogP contribution in [0, 0.1) is 0 Å². The maximum Gasteiger partial charge on any atom is 0.331 e. The Labute approximate surface area is 118 Å². The molecule has 0 radical (unpaired) electrons. The zero-order valence-electron chi connectivity index (χ0n) is 10.8. The number of carboxylic acid groups (broad SMARTS) is 2. The summed E-state index contributed by atoms with van der Waals surface area (Å²) in [6.07, 6.45) is 1.24. The predicted octanol–water partition coefficient (Wildman–Crippen LogP) is -1.91. The molecule has 21 heavy (non-hydrogen) atoms. The number of rotatable bonds is 7. The first-order valence-electron chi connectivity index (χ1n) is 5.72. The van der Waals surface area contributed by atoms with E-state index in [0.717, 1.165) is 0 Å². The maximum atomic E-state index is 12.1. The van der Waals surface area contributed by atoms with Gasteiger partial charge < -0.3 is 10.2 Å². The standard InChI is InChI=1S/C11H13N3O7/c1-2-3-14-10(20)8(9(19)12-11(14)21)13(4-6(15)16)5-7(17)18/h2,8H,1,3-5H2,(H,15,16)(H,17,18)(H,12,19,21). The van der Waals surface area contributed by atoms with Crippen LogP contribution < -0.4 is 5.32 Å². The second-order valence-corrected chi connectivity index (χ2v) is 4.13. The van der Waals surface area contributed by atoms with Gasteiger partial charge in [0.2, 0.25) is 0 Å². The Morgan fingerprint density at radius 3 is 2.19 bits per heavy atom. The van der Waals surface area contributed by atoms with Crippen LogP contribution in [0.25, 0.3) is 0 Å². The fourth-order valence-electron chi connectivity index (χ4n) is 1.81. The van der Waals surface area contributed by atoms with Gasteiger partial charge in [0.05, 0.1) is 13.1 Å². The number of amides is 4. The minimum absolute atomic E-state index is 0.192. The number of aliphatic carboxylic acids is 2. The van der Waals surface area contributed by atoms with Crippen LogP contribution in [-0.4, -0.2) is 75.5 Å². The molecule has 1 heterocycles. The van der Waals surface area contributed by atoms with Gasteiger partial charge in [0.15, 0.2) is 6.04 Å². The molecule has 0 spiro atoms. The van der Waals surface area contributed by atoms with E-state index >= 15 is 0 Å². The van der Waals surface area contributed by atoms with E-state index in [0.29, 0.717) is 9.80 Å². The number of carbonyl (C=O) groups excluding carboxylic acids is 3. The third-order valence-electron chi connectivity index (χ3n) is 2.58. The monoisotopic (exact) mass is 299 g/mol. The lowest BCUT2D eigenvalue weighted by Gasteiger charge is -2.34. The highest BCUT2D eigenvalue weighted by atomic mass is 16.4. The van der Waals surface area contributed by atoms with Gasteiger partial charge in [-0.15, -0.1) is 6.58 Å². The van der Waals surface area contributed by atoms with Gasteiger partial charge in [-0.2, -0.15) is 0 Å². The van der Waals surface area contributed by atoms with Crippen LogP contribution >= 0.6 is 0 Å². The second kappa shape index (κ2) is 6.61. The van der Waals surface area contributed by atoms with Crippen molar-refractivity contribution >= 4 is 29.8 Å². The Kier molecular flexibility index (Phi) is 5.13. The number of hydrogen-bond donors (Lipinski definition) is 3. The molecule has 0 aromatic carbocycles. The Balaban J connectivity index is 3.08. The van der Waals surface area contributed by atoms with Crippen molar-refractivity contribution in [3.63, 3.8) is 0 Å². The molecule has 1 aliphatic rings. The molecule has 1 saturated heterocycles. The number of barbiturate groups is 1. The Hall–Kier alpha value is -2.75. The van der Waals surface area contributed by atoms with Crippen molar-refractivity contribution in [2.75, 3.05) is 19.6 Å². The average molecular weight is 299 g/mol. The van der Waals surface area contributed by atoms with Crippen molar-refractivity contribution in [2.45, 2.75) is 6.04 Å². The van der Waals surface area contributed by atoms with E-state index in [9.17, 15) is 24.0 Å². The fourth-order valence-corrected chi connectivity index (χ4v) is 1.81. The van der Waals surface area contributed by atoms with Gasteiger partial charge in [-0.1, -0.05) is 6.08 Å². The molecular weight excluding hydrogens is 286 g/mol. The minimum Gasteiger partial charge on any atom is -0.480 e. The molecule has 0 bridgehead atoms. The molecular formula is C11H13N3O7. The quantitative estimate of drug-likeness (QED) is 0.365. The zero-order chi connectivity index (χ0) is 16.2. The number of carbonyl (C=O) groups is 5. The van der Waals surface area contributed by atoms with Crippen molar-refractivity contribution in [1.82, 2.24) is 15.1 Å². The summed E-state index contributed by atoms with van der Waals surface area (Å²) in [5, 5.41) is 19.4. The van der Waals surface area contributed by atoms with E-state index in [1.165, 1.54) is 6.08 Å². The minimum atomic E-state index is -1.70. The maximum absolute atomic E-state index is 12.1. The highest BCUT2D eigenvalue weighted by molar-refractivity contribution is 6.19. The van der Waals surface area contributed by atoms with Crippen LogP contribution in [0.1, 0.15) is 0 Å². The number of urea groups is 1. The van der Waals surface area contributed by atoms with Crippen molar-refractivity contribution < 1.29 is 34.2 Å². The summed E-state index contributed by atoms with van der Waals surface area (Å²) in [5.41, 5.74) is 0. The van der Waals surface area contributed by atoms with Gasteiger partial charge in [0.1, 0.15) is 0 Å². The molecule has 0 aliphatic carbocycles. The summed E-state index contributed by atoms with van der Waals surface area (Å²) >= 11 is 0. The van der Waals surface area contributed by atoms with E-state index in [2.05, 4.69) is 6.58 Å². The molecule has 10 nitrogen and oxygen atoms in total. The van der Waals surface area contributed by atoms with Crippen LogP contribution in [0.2, 0.25) is 0 Å². The molecule has 3 N–H and O–H groups in total. The molecule has 0 aromatic rings. The molecule has 1 fully saturated rings. The topological polar surface area (TPSA) is 144 Å². The Morgan fingerprint density at radius 1 is 1.24 bits per heavy atom. The van der Waals surface area contributed by atoms with E-state index in [4.69, 9.17) is 10.2 Å². The van der Waals surface area contributed by atoms with Crippen LogP contribution in [0.4, 0.5) is 4.79 Å². The lowest BCUT2D eigenvalue weighted by Crippen LogP contribution is -2.66. The summed E-state index contributed by atoms with van der Waals surface area (Å²) in [6, 6.07) is -2.67. The number of nitrogens with one attached hydrogen (secondary N) is 1. The number of imide groups is 2. The van der Waals surface area contributed by atoms with E-state index < -0.39 is 48.9 Å². The third-order valence-corrected chi connectivity index (χ3v) is 2.58. The van der Waals surface area contributed by atoms with Crippen molar-refractivity contribution in [3.05, 3.63) is 12.7 Å². The first kappa shape index (κ1) is 16.3. The Bertz CT molecular complexity index is 500. The van der Waals surface area contributed by atoms with Crippen LogP contribution in [0.3, 0.4) is 0 Å². The van der Waals surface area contributed by atoms with Gasteiger partial charge in [-0.05, 0) is 0 Å². The molecule has 4 amide bonds. The molecule has 1 atom stereocenters. The number of hydrogen-bond acceptors (Lipinski definition) is 6. The van der Waals surface area contributed by atoms with Gasteiger partial charge in [-0.3, -0.25) is 34.3 Å². The fraction of sp³-hybridized carbons (Fsp3) is 0.364. The molecule has 0 aromatic heterocycles. The van der Waals surface area contributed by atoms with Gasteiger partial charge in [0, 0.05) is 6.54 Å². The third kappa shape index (κ3) is 3.86. The number of nitrogens with zero attached hydrogens (tertiary/aromatic N) is 2. The molecule has 114 valence electrons. The summed E-state index contributed by atoms with van der Waals surface area (Å²) in [6.45, 7) is 1.47. The second-order valence-electron chi connectivity index (χ2n) is 4.13. The molecule has 1 aliphatic heterocycles. The van der Waals surface area contributed by atoms with E-state index in [1.54, 1.807) is 0 Å². The Morgan fingerprint density at radius 2 is 1.76 bits per heavy atom. The predicted molar refractivity (Wildman–Crippen MR) is 66.1 cm³/mol. The summed E-state index contributed by atoms with van der Waals surface area (Å²) in [4.78, 5) is 58.1. The lowest BCUT2D eigenvalue weighted by atomic mass is 10.1. The first-order chi connectivity index (χ1) is 9.77. The van der Waals surface area contributed by atoms with Crippen molar-refractivity contribution in [3.8, 4) is 0 Å². The zero-order valence-corrected chi connectivity index (χ0v) is 10.8. The van der Waals surface area contributed by atoms with Gasteiger partial charge >= 0.3 is 18.0 Å². The van der Waals surface area contributed by atoms with E-state index in [1.807, 2.05) is 5.32 Å². The highest BCUT2D eigenvalue weighted by Gasteiger charge is 2.44. The van der Waals surface area contributed by atoms with Crippen LogP contribution in [-0.2, 0) is 19.2 Å². The summed E-state index contributed by atoms with van der Waals surface area (Å²) in [7, 11) is 0. The molecule has 10 heteroatoms. The summed E-state index contributed by atoms with van der Waals surface area (Å²) in [5.74, 6) is -4.88. The SMILES string of the molecule is C=CCN1C(=O)NC(=O)C(N(CC(=O)O)CC(=O)O)C1=O. The van der Waals surface area contributed by atoms with Gasteiger partial charge in [0.25, 0.3) is 11.8 Å². The molecule has 1 unspecified atom stereocenters. The van der Waals surface area contributed by atoms with Crippen molar-refractivity contribution in [1.29, 1.82) is 0 Å². The normalized spacial score (nSPS) is 18.6. The highest BCUT2D eigenvalue weighted by Crippen LogP contribution is 2.11. The molecule has 1 rings (SSSR count).